The maximum absolute atomic E-state index is 10.2. The average Bonchev–Trinajstić information content (AvgIpc) is 3.30. The molecule has 6 heteroatoms. The van der Waals surface area contributed by atoms with E-state index in [2.05, 4.69) is 75.7 Å². The Morgan fingerprint density at radius 2 is 1.53 bits per heavy atom. The summed E-state index contributed by atoms with van der Waals surface area (Å²) >= 11 is 6.17. The van der Waals surface area contributed by atoms with Crippen LogP contribution in [0.3, 0.4) is 0 Å². The SMILES string of the molecule is Cc1c(Cc2ccc(Cl)cc2)c(N2CCN(c3ccccc3)CC2)n2c(nc3ccccc32)c1C#N. The second-order valence-electron chi connectivity index (χ2n) is 9.29. The molecule has 0 bridgehead atoms. The highest BCUT2D eigenvalue weighted by Gasteiger charge is 2.27. The number of nitrogens with zero attached hydrogens (tertiary/aromatic N) is 5. The van der Waals surface area contributed by atoms with E-state index in [4.69, 9.17) is 16.6 Å². The summed E-state index contributed by atoms with van der Waals surface area (Å²) in [6, 6.07) is 29.2. The molecule has 1 aliphatic heterocycles. The van der Waals surface area contributed by atoms with Gasteiger partial charge in [-0.3, -0.25) is 4.40 Å². The van der Waals surface area contributed by atoms with Crippen LogP contribution in [0.5, 0.6) is 0 Å². The monoisotopic (exact) mass is 491 g/mol. The molecule has 1 aliphatic rings. The summed E-state index contributed by atoms with van der Waals surface area (Å²) in [5.74, 6) is 1.14. The van der Waals surface area contributed by atoms with E-state index in [9.17, 15) is 5.26 Å². The van der Waals surface area contributed by atoms with Gasteiger partial charge in [-0.25, -0.2) is 4.98 Å². The highest BCUT2D eigenvalue weighted by atomic mass is 35.5. The highest BCUT2D eigenvalue weighted by Crippen LogP contribution is 2.35. The number of hydrogen-bond donors (Lipinski definition) is 0. The number of para-hydroxylation sites is 3. The number of imidazole rings is 1. The fourth-order valence-corrected chi connectivity index (χ4v) is 5.45. The first-order valence-corrected chi connectivity index (χ1v) is 12.6. The van der Waals surface area contributed by atoms with Crippen molar-refractivity contribution in [1.82, 2.24) is 9.38 Å². The maximum Gasteiger partial charge on any atom is 0.157 e. The van der Waals surface area contributed by atoms with Gasteiger partial charge in [-0.2, -0.15) is 5.26 Å². The van der Waals surface area contributed by atoms with Gasteiger partial charge in [0.25, 0.3) is 0 Å². The first kappa shape index (κ1) is 22.5. The van der Waals surface area contributed by atoms with Crippen LogP contribution in [0, 0.1) is 18.3 Å². The van der Waals surface area contributed by atoms with Crippen LogP contribution in [0.25, 0.3) is 16.7 Å². The standard InChI is InChI=1S/C30H26ClN5/c1-21-25(19-22-11-13-23(31)14-12-22)30(35-17-15-34(16-18-35)24-7-3-2-4-8-24)36-28-10-6-5-9-27(28)33-29(36)26(21)20-32/h2-14H,15-19H2,1H3. The molecule has 2 aromatic heterocycles. The van der Waals surface area contributed by atoms with Crippen molar-refractivity contribution in [2.45, 2.75) is 13.3 Å². The fraction of sp³-hybridized carbons (Fsp3) is 0.200. The predicted molar refractivity (Wildman–Crippen MR) is 147 cm³/mol. The van der Waals surface area contributed by atoms with Crippen molar-refractivity contribution in [3.8, 4) is 6.07 Å². The molecule has 0 spiro atoms. The summed E-state index contributed by atoms with van der Waals surface area (Å²) in [7, 11) is 0. The molecule has 36 heavy (non-hydrogen) atoms. The second kappa shape index (κ2) is 9.22. The number of rotatable bonds is 4. The average molecular weight is 492 g/mol. The molecule has 1 saturated heterocycles. The third-order valence-corrected chi connectivity index (χ3v) is 7.45. The number of fused-ring (bicyclic) bond motifs is 3. The molecule has 5 nitrogen and oxygen atoms in total. The van der Waals surface area contributed by atoms with E-state index in [1.54, 1.807) is 0 Å². The third-order valence-electron chi connectivity index (χ3n) is 7.20. The number of nitriles is 1. The molecule has 0 saturated carbocycles. The van der Waals surface area contributed by atoms with E-state index in [1.165, 1.54) is 11.3 Å². The van der Waals surface area contributed by atoms with Crippen LogP contribution < -0.4 is 9.80 Å². The molecule has 0 radical (unpaired) electrons. The summed E-state index contributed by atoms with van der Waals surface area (Å²) in [5.41, 5.74) is 7.89. The smallest absolute Gasteiger partial charge is 0.157 e. The first-order chi connectivity index (χ1) is 17.6. The summed E-state index contributed by atoms with van der Waals surface area (Å²) in [6.45, 7) is 5.69. The van der Waals surface area contributed by atoms with Crippen LogP contribution in [0.2, 0.25) is 5.02 Å². The maximum atomic E-state index is 10.2. The summed E-state index contributed by atoms with van der Waals surface area (Å²) in [5, 5.41) is 10.9. The van der Waals surface area contributed by atoms with E-state index < -0.39 is 0 Å². The van der Waals surface area contributed by atoms with Crippen LogP contribution in [0.4, 0.5) is 11.5 Å². The van der Waals surface area contributed by atoms with Gasteiger partial charge in [0.05, 0.1) is 16.6 Å². The molecular weight excluding hydrogens is 466 g/mol. The molecule has 1 fully saturated rings. The summed E-state index contributed by atoms with van der Waals surface area (Å²) < 4.78 is 2.21. The molecule has 0 atom stereocenters. The Labute approximate surface area is 215 Å². The van der Waals surface area contributed by atoms with Crippen LogP contribution in [0.1, 0.15) is 22.3 Å². The van der Waals surface area contributed by atoms with Gasteiger partial charge in [0.15, 0.2) is 5.65 Å². The van der Waals surface area contributed by atoms with E-state index >= 15 is 0 Å². The first-order valence-electron chi connectivity index (χ1n) is 12.3. The van der Waals surface area contributed by atoms with Crippen LogP contribution >= 0.6 is 11.6 Å². The minimum atomic E-state index is 0.641. The Bertz CT molecular complexity index is 1590. The van der Waals surface area contributed by atoms with Crippen molar-refractivity contribution in [2.24, 2.45) is 0 Å². The van der Waals surface area contributed by atoms with Crippen molar-refractivity contribution in [3.63, 3.8) is 0 Å². The number of halogens is 1. The van der Waals surface area contributed by atoms with Gasteiger partial charge < -0.3 is 9.80 Å². The molecule has 178 valence electrons. The predicted octanol–water partition coefficient (Wildman–Crippen LogP) is 6.24. The number of aromatic nitrogens is 2. The quantitative estimate of drug-likeness (QED) is 0.298. The van der Waals surface area contributed by atoms with Gasteiger partial charge >= 0.3 is 0 Å². The lowest BCUT2D eigenvalue weighted by molar-refractivity contribution is 0.643. The normalized spacial score (nSPS) is 13.9. The lowest BCUT2D eigenvalue weighted by atomic mass is 9.97. The van der Waals surface area contributed by atoms with E-state index in [0.717, 1.165) is 64.8 Å². The molecule has 5 aromatic rings. The highest BCUT2D eigenvalue weighted by molar-refractivity contribution is 6.30. The van der Waals surface area contributed by atoms with Crippen LogP contribution in [0.15, 0.2) is 78.9 Å². The van der Waals surface area contributed by atoms with Crippen molar-refractivity contribution < 1.29 is 0 Å². The number of anilines is 2. The zero-order chi connectivity index (χ0) is 24.6. The molecule has 3 aromatic carbocycles. The molecular formula is C30H26ClN5. The number of hydrogen-bond acceptors (Lipinski definition) is 4. The Kier molecular flexibility index (Phi) is 5.75. The van der Waals surface area contributed by atoms with Crippen molar-refractivity contribution in [2.75, 3.05) is 36.0 Å². The number of piperazine rings is 1. The van der Waals surface area contributed by atoms with E-state index in [-0.39, 0.29) is 0 Å². The van der Waals surface area contributed by atoms with Gasteiger partial charge in [0, 0.05) is 48.9 Å². The van der Waals surface area contributed by atoms with Gasteiger partial charge in [-0.15, -0.1) is 0 Å². The summed E-state index contributed by atoms with van der Waals surface area (Å²) in [4.78, 5) is 9.82. The Hall–Kier alpha value is -4.01. The second-order valence-corrected chi connectivity index (χ2v) is 9.72. The van der Waals surface area contributed by atoms with Gasteiger partial charge in [0.2, 0.25) is 0 Å². The third kappa shape index (κ3) is 3.84. The Morgan fingerprint density at radius 1 is 0.861 bits per heavy atom. The van der Waals surface area contributed by atoms with Gasteiger partial charge in [0.1, 0.15) is 11.9 Å². The molecule has 0 aliphatic carbocycles. The van der Waals surface area contributed by atoms with Gasteiger partial charge in [-0.1, -0.05) is 54.1 Å². The topological polar surface area (TPSA) is 47.6 Å². The Morgan fingerprint density at radius 3 is 2.25 bits per heavy atom. The van der Waals surface area contributed by atoms with E-state index in [1.807, 2.05) is 30.3 Å². The zero-order valence-corrected chi connectivity index (χ0v) is 20.9. The Balaban J connectivity index is 1.52. The number of benzene rings is 3. The van der Waals surface area contributed by atoms with Crippen LogP contribution in [-0.2, 0) is 6.42 Å². The molecule has 0 unspecified atom stereocenters. The zero-order valence-electron chi connectivity index (χ0n) is 20.2. The minimum Gasteiger partial charge on any atom is -0.368 e. The number of pyridine rings is 1. The molecule has 0 amide bonds. The van der Waals surface area contributed by atoms with E-state index in [0.29, 0.717) is 12.0 Å². The lowest BCUT2D eigenvalue weighted by Gasteiger charge is -2.39. The van der Waals surface area contributed by atoms with Crippen molar-refractivity contribution in [1.29, 1.82) is 5.26 Å². The fourth-order valence-electron chi connectivity index (χ4n) is 5.33. The van der Waals surface area contributed by atoms with Crippen molar-refractivity contribution >= 4 is 39.8 Å². The van der Waals surface area contributed by atoms with Gasteiger partial charge in [-0.05, 0) is 54.4 Å². The van der Waals surface area contributed by atoms with Crippen molar-refractivity contribution in [3.05, 3.63) is 106 Å². The molecule has 0 N–H and O–H groups in total. The largest absolute Gasteiger partial charge is 0.368 e. The lowest BCUT2D eigenvalue weighted by Crippen LogP contribution is -2.47. The summed E-state index contributed by atoms with van der Waals surface area (Å²) in [6.07, 6.45) is 0.717. The molecule has 6 rings (SSSR count). The molecule has 3 heterocycles. The minimum absolute atomic E-state index is 0.641. The van der Waals surface area contributed by atoms with Crippen LogP contribution in [-0.4, -0.2) is 35.6 Å².